The van der Waals surface area contributed by atoms with E-state index in [9.17, 15) is 18.4 Å². The Balaban J connectivity index is 1.34. The van der Waals surface area contributed by atoms with Gasteiger partial charge in [-0.2, -0.15) is 0 Å². The number of piperazine rings is 1. The molecular formula is C21H19ClF2N2O2. The Morgan fingerprint density at radius 3 is 2.29 bits per heavy atom. The molecule has 7 heteroatoms. The van der Waals surface area contributed by atoms with Gasteiger partial charge in [0.1, 0.15) is 0 Å². The van der Waals surface area contributed by atoms with E-state index in [1.54, 1.807) is 9.80 Å². The molecule has 28 heavy (non-hydrogen) atoms. The van der Waals surface area contributed by atoms with Crippen LogP contribution >= 0.6 is 11.6 Å². The molecule has 2 aliphatic rings. The first-order chi connectivity index (χ1) is 13.5. The molecule has 1 saturated heterocycles. The molecular weight excluding hydrogens is 386 g/mol. The monoisotopic (exact) mass is 404 g/mol. The molecule has 0 bridgehead atoms. The third-order valence-corrected chi connectivity index (χ3v) is 5.80. The lowest BCUT2D eigenvalue weighted by Crippen LogP contribution is -2.51. The third-order valence-electron chi connectivity index (χ3n) is 5.46. The maximum absolute atomic E-state index is 13.4. The van der Waals surface area contributed by atoms with E-state index in [0.717, 1.165) is 24.1 Å². The molecule has 1 aliphatic carbocycles. The van der Waals surface area contributed by atoms with Crippen LogP contribution in [0.2, 0.25) is 5.02 Å². The minimum atomic E-state index is -1.04. The molecule has 0 radical (unpaired) electrons. The zero-order chi connectivity index (χ0) is 19.8. The maximum atomic E-state index is 13.4. The smallest absolute Gasteiger partial charge is 0.254 e. The molecule has 146 valence electrons. The number of halogens is 3. The van der Waals surface area contributed by atoms with Gasteiger partial charge in [-0.25, -0.2) is 8.78 Å². The molecule has 2 amide bonds. The van der Waals surface area contributed by atoms with Crippen LogP contribution < -0.4 is 0 Å². The molecule has 0 N–H and O–H groups in total. The van der Waals surface area contributed by atoms with Crippen molar-refractivity contribution < 1.29 is 18.4 Å². The van der Waals surface area contributed by atoms with Crippen molar-refractivity contribution in [3.05, 3.63) is 70.2 Å². The van der Waals surface area contributed by atoms with Gasteiger partial charge >= 0.3 is 0 Å². The lowest BCUT2D eigenvalue weighted by atomic mass is 10.1. The summed E-state index contributed by atoms with van der Waals surface area (Å²) in [5.74, 6) is -2.20. The highest BCUT2D eigenvalue weighted by molar-refractivity contribution is 6.31. The number of carbonyl (C=O) groups excluding carboxylic acids is 2. The zero-order valence-electron chi connectivity index (χ0n) is 15.1. The molecule has 1 heterocycles. The van der Waals surface area contributed by atoms with Crippen molar-refractivity contribution >= 4 is 23.4 Å². The quantitative estimate of drug-likeness (QED) is 0.782. The fraction of sp³-hybridized carbons (Fsp3) is 0.333. The van der Waals surface area contributed by atoms with Crippen molar-refractivity contribution in [3.8, 4) is 0 Å². The van der Waals surface area contributed by atoms with Gasteiger partial charge in [0.05, 0.1) is 0 Å². The summed E-state index contributed by atoms with van der Waals surface area (Å²) in [6.45, 7) is 1.60. The predicted molar refractivity (Wildman–Crippen MR) is 101 cm³/mol. The van der Waals surface area contributed by atoms with Gasteiger partial charge in [0, 0.05) is 42.7 Å². The minimum Gasteiger partial charge on any atom is -0.339 e. The summed E-state index contributed by atoms with van der Waals surface area (Å²) < 4.78 is 26.4. The normalized spacial score (nSPS) is 21.5. The average Bonchev–Trinajstić information content (AvgIpc) is 3.50. The van der Waals surface area contributed by atoms with Gasteiger partial charge in [0.25, 0.3) is 5.91 Å². The Morgan fingerprint density at radius 1 is 0.929 bits per heavy atom. The summed E-state index contributed by atoms with van der Waals surface area (Å²) in [7, 11) is 0. The topological polar surface area (TPSA) is 40.6 Å². The fourth-order valence-electron chi connectivity index (χ4n) is 3.76. The second-order valence-electron chi connectivity index (χ2n) is 7.22. The van der Waals surface area contributed by atoms with Crippen LogP contribution in [0.1, 0.15) is 28.3 Å². The Labute approximate surface area is 166 Å². The van der Waals surface area contributed by atoms with Gasteiger partial charge in [-0.1, -0.05) is 29.8 Å². The largest absolute Gasteiger partial charge is 0.339 e. The number of rotatable bonds is 3. The van der Waals surface area contributed by atoms with E-state index in [2.05, 4.69) is 0 Å². The second kappa shape index (κ2) is 7.51. The van der Waals surface area contributed by atoms with E-state index >= 15 is 0 Å². The molecule has 1 saturated carbocycles. The molecule has 1 aliphatic heterocycles. The number of hydrogen-bond acceptors (Lipinski definition) is 2. The van der Waals surface area contributed by atoms with E-state index in [-0.39, 0.29) is 29.2 Å². The van der Waals surface area contributed by atoms with Crippen molar-refractivity contribution in [2.75, 3.05) is 26.2 Å². The number of carbonyl (C=O) groups is 2. The van der Waals surface area contributed by atoms with E-state index < -0.39 is 11.6 Å². The Morgan fingerprint density at radius 2 is 1.61 bits per heavy atom. The summed E-state index contributed by atoms with van der Waals surface area (Å²) in [6, 6.07) is 10.7. The average molecular weight is 405 g/mol. The van der Waals surface area contributed by atoms with E-state index in [0.29, 0.717) is 31.2 Å². The van der Waals surface area contributed by atoms with Crippen molar-refractivity contribution in [3.63, 3.8) is 0 Å². The maximum Gasteiger partial charge on any atom is 0.254 e. The first-order valence-electron chi connectivity index (χ1n) is 9.23. The van der Waals surface area contributed by atoms with Gasteiger partial charge in [0.15, 0.2) is 11.6 Å². The van der Waals surface area contributed by atoms with Crippen molar-refractivity contribution in [2.45, 2.75) is 12.3 Å². The predicted octanol–water partition coefficient (Wildman–Crippen LogP) is 3.71. The van der Waals surface area contributed by atoms with Crippen LogP contribution in [-0.4, -0.2) is 47.8 Å². The molecule has 2 aromatic rings. The highest BCUT2D eigenvalue weighted by Gasteiger charge is 2.46. The van der Waals surface area contributed by atoms with Gasteiger partial charge in [-0.05, 0) is 42.2 Å². The highest BCUT2D eigenvalue weighted by atomic mass is 35.5. The van der Waals surface area contributed by atoms with Crippen LogP contribution in [0.25, 0.3) is 0 Å². The first kappa shape index (κ1) is 18.9. The molecule has 4 nitrogen and oxygen atoms in total. The second-order valence-corrected chi connectivity index (χ2v) is 7.62. The molecule has 2 atom stereocenters. The molecule has 0 unspecified atom stereocenters. The third kappa shape index (κ3) is 3.61. The Hall–Kier alpha value is -2.47. The highest BCUT2D eigenvalue weighted by Crippen LogP contribution is 2.50. The van der Waals surface area contributed by atoms with E-state index in [1.807, 2.05) is 24.3 Å². The summed E-state index contributed by atoms with van der Waals surface area (Å²) >= 11 is 6.23. The Kier molecular flexibility index (Phi) is 5.06. The Bertz CT molecular complexity index is 928. The van der Waals surface area contributed by atoms with Crippen LogP contribution in [0.4, 0.5) is 8.78 Å². The van der Waals surface area contributed by atoms with Crippen molar-refractivity contribution in [2.24, 2.45) is 5.92 Å². The van der Waals surface area contributed by atoms with Crippen LogP contribution in [0.3, 0.4) is 0 Å². The molecule has 2 aromatic carbocycles. The van der Waals surface area contributed by atoms with Crippen molar-refractivity contribution in [1.82, 2.24) is 9.80 Å². The lowest BCUT2D eigenvalue weighted by Gasteiger charge is -2.35. The molecule has 0 aromatic heterocycles. The number of benzene rings is 2. The fourth-order valence-corrected chi connectivity index (χ4v) is 4.04. The number of hydrogen-bond donors (Lipinski definition) is 0. The van der Waals surface area contributed by atoms with Crippen molar-refractivity contribution in [1.29, 1.82) is 0 Å². The lowest BCUT2D eigenvalue weighted by molar-refractivity contribution is -0.134. The van der Waals surface area contributed by atoms with Gasteiger partial charge in [-0.3, -0.25) is 9.59 Å². The van der Waals surface area contributed by atoms with Crippen LogP contribution in [0, 0.1) is 17.6 Å². The standard InChI is InChI=1S/C21H19ClF2N2O2/c22-17-4-2-1-3-14(17)15-12-16(15)21(28)26-9-7-25(8-10-26)20(27)13-5-6-18(23)19(24)11-13/h1-6,11,15-16H,7-10,12H2/t15-,16+/m1/s1. The van der Waals surface area contributed by atoms with E-state index in [4.69, 9.17) is 11.6 Å². The van der Waals surface area contributed by atoms with Crippen LogP contribution in [0.5, 0.6) is 0 Å². The summed E-state index contributed by atoms with van der Waals surface area (Å²) in [5, 5.41) is 0.685. The number of nitrogens with zero attached hydrogens (tertiary/aromatic N) is 2. The van der Waals surface area contributed by atoms with Gasteiger partial charge in [-0.15, -0.1) is 0 Å². The molecule has 2 fully saturated rings. The summed E-state index contributed by atoms with van der Waals surface area (Å²) in [6.07, 6.45) is 0.788. The summed E-state index contributed by atoms with van der Waals surface area (Å²) in [4.78, 5) is 28.6. The number of amides is 2. The summed E-state index contributed by atoms with van der Waals surface area (Å²) in [5.41, 5.74) is 1.12. The van der Waals surface area contributed by atoms with Crippen LogP contribution in [0.15, 0.2) is 42.5 Å². The van der Waals surface area contributed by atoms with Gasteiger partial charge in [0.2, 0.25) is 5.91 Å². The zero-order valence-corrected chi connectivity index (χ0v) is 15.8. The molecule has 4 rings (SSSR count). The first-order valence-corrected chi connectivity index (χ1v) is 9.61. The van der Waals surface area contributed by atoms with E-state index in [1.165, 1.54) is 6.07 Å². The molecule has 0 spiro atoms. The van der Waals surface area contributed by atoms with Crippen LogP contribution in [-0.2, 0) is 4.79 Å². The van der Waals surface area contributed by atoms with Gasteiger partial charge < -0.3 is 9.80 Å². The minimum absolute atomic E-state index is 0.0617. The SMILES string of the molecule is O=C(c1ccc(F)c(F)c1)N1CCN(C(=O)[C@H]2C[C@@H]2c2ccccc2Cl)CC1.